The highest BCUT2D eigenvalue weighted by Crippen LogP contribution is 2.30. The zero-order chi connectivity index (χ0) is 19.1. The van der Waals surface area contributed by atoms with Gasteiger partial charge in [-0.3, -0.25) is 0 Å². The molecule has 0 saturated carbocycles. The van der Waals surface area contributed by atoms with Crippen LogP contribution in [0.2, 0.25) is 5.02 Å². The fourth-order valence-corrected chi connectivity index (χ4v) is 3.37. The molecule has 0 bridgehead atoms. The number of hydrogen-bond donors (Lipinski definition) is 2. The highest BCUT2D eigenvalue weighted by atomic mass is 35.5. The van der Waals surface area contributed by atoms with E-state index in [1.54, 1.807) is 18.0 Å². The smallest absolute Gasteiger partial charge is 0.306 e. The Morgan fingerprint density at radius 2 is 1.70 bits per heavy atom. The van der Waals surface area contributed by atoms with Crippen molar-refractivity contribution in [1.82, 2.24) is 5.43 Å². The van der Waals surface area contributed by atoms with Crippen molar-refractivity contribution in [1.29, 1.82) is 0 Å². The van der Waals surface area contributed by atoms with E-state index < -0.39 is 0 Å². The van der Waals surface area contributed by atoms with Crippen molar-refractivity contribution in [2.45, 2.75) is 16.7 Å². The monoisotopic (exact) mass is 395 g/mol. The molecular formula is C21H18ClN3OS. The zero-order valence-corrected chi connectivity index (χ0v) is 16.2. The second-order valence-electron chi connectivity index (χ2n) is 5.73. The number of hydrazone groups is 1. The summed E-state index contributed by atoms with van der Waals surface area (Å²) in [6.45, 7) is 1.93. The maximum atomic E-state index is 12.0. The molecule has 2 amide bonds. The van der Waals surface area contributed by atoms with Gasteiger partial charge in [-0.25, -0.2) is 10.2 Å². The highest BCUT2D eigenvalue weighted by Gasteiger charge is 2.04. The van der Waals surface area contributed by atoms with E-state index in [1.807, 2.05) is 79.7 Å². The van der Waals surface area contributed by atoms with Crippen molar-refractivity contribution in [3.63, 3.8) is 0 Å². The molecular weight excluding hydrogens is 378 g/mol. The molecule has 0 aromatic heterocycles. The molecule has 3 aromatic carbocycles. The van der Waals surface area contributed by atoms with E-state index in [1.165, 1.54) is 0 Å². The Morgan fingerprint density at radius 3 is 2.48 bits per heavy atom. The van der Waals surface area contributed by atoms with E-state index in [0.29, 0.717) is 5.02 Å². The quantitative estimate of drug-likeness (QED) is 0.414. The molecule has 3 aromatic rings. The van der Waals surface area contributed by atoms with Crippen LogP contribution in [0.3, 0.4) is 0 Å². The molecule has 3 rings (SSSR count). The van der Waals surface area contributed by atoms with Gasteiger partial charge >= 0.3 is 6.03 Å². The van der Waals surface area contributed by atoms with Crippen LogP contribution in [-0.2, 0) is 0 Å². The summed E-state index contributed by atoms with van der Waals surface area (Å²) in [4.78, 5) is 14.1. The van der Waals surface area contributed by atoms with Gasteiger partial charge in [-0.1, -0.05) is 59.8 Å². The molecule has 4 nitrogen and oxygen atoms in total. The Labute approximate surface area is 167 Å². The lowest BCUT2D eigenvalue weighted by Crippen LogP contribution is -2.24. The number of carbonyl (C=O) groups is 1. The van der Waals surface area contributed by atoms with E-state index in [2.05, 4.69) is 15.8 Å². The lowest BCUT2D eigenvalue weighted by molar-refractivity contribution is 0.252. The first-order chi connectivity index (χ1) is 13.1. The van der Waals surface area contributed by atoms with Gasteiger partial charge in [0.05, 0.1) is 6.21 Å². The van der Waals surface area contributed by atoms with Crippen LogP contribution in [0.15, 0.2) is 87.7 Å². The van der Waals surface area contributed by atoms with E-state index >= 15 is 0 Å². The first-order valence-electron chi connectivity index (χ1n) is 8.30. The van der Waals surface area contributed by atoms with Gasteiger partial charge in [-0.05, 0) is 48.9 Å². The van der Waals surface area contributed by atoms with Crippen LogP contribution in [0, 0.1) is 6.92 Å². The number of aryl methyl sites for hydroxylation is 1. The van der Waals surface area contributed by atoms with Crippen molar-refractivity contribution in [2.75, 3.05) is 5.32 Å². The Hall–Kier alpha value is -2.76. The second-order valence-corrected chi connectivity index (χ2v) is 7.28. The van der Waals surface area contributed by atoms with Gasteiger partial charge in [0.15, 0.2) is 0 Å². The molecule has 6 heteroatoms. The molecule has 27 heavy (non-hydrogen) atoms. The number of rotatable bonds is 5. The van der Waals surface area contributed by atoms with E-state index in [9.17, 15) is 4.79 Å². The van der Waals surface area contributed by atoms with Crippen LogP contribution >= 0.6 is 23.4 Å². The average molecular weight is 396 g/mol. The molecule has 0 atom stereocenters. The molecule has 0 saturated heterocycles. The molecule has 2 N–H and O–H groups in total. The third kappa shape index (κ3) is 5.61. The Morgan fingerprint density at radius 1 is 1.00 bits per heavy atom. The van der Waals surface area contributed by atoms with E-state index in [0.717, 1.165) is 26.6 Å². The lowest BCUT2D eigenvalue weighted by atomic mass is 10.2. The van der Waals surface area contributed by atoms with Crippen molar-refractivity contribution < 1.29 is 4.79 Å². The van der Waals surface area contributed by atoms with Crippen LogP contribution < -0.4 is 10.7 Å². The van der Waals surface area contributed by atoms with Crippen LogP contribution in [0.5, 0.6) is 0 Å². The summed E-state index contributed by atoms with van der Waals surface area (Å²) in [6.07, 6.45) is 1.63. The standard InChI is InChI=1S/C21H18ClN3OS/c1-15-6-2-4-8-19(15)24-21(26)25-23-14-16-7-3-5-9-20(16)27-18-12-10-17(22)11-13-18/h2-14H,1H3,(H2,24,25,26). The largest absolute Gasteiger partial charge is 0.339 e. The number of hydrogen-bond acceptors (Lipinski definition) is 3. The summed E-state index contributed by atoms with van der Waals surface area (Å²) in [7, 11) is 0. The summed E-state index contributed by atoms with van der Waals surface area (Å²) in [5.74, 6) is 0. The number of halogens is 1. The molecule has 0 radical (unpaired) electrons. The molecule has 0 fully saturated rings. The van der Waals surface area contributed by atoms with Gasteiger partial charge in [0.2, 0.25) is 0 Å². The summed E-state index contributed by atoms with van der Waals surface area (Å²) in [5, 5.41) is 7.54. The maximum Gasteiger partial charge on any atom is 0.339 e. The van der Waals surface area contributed by atoms with Crippen LogP contribution in [0.25, 0.3) is 0 Å². The number of anilines is 1. The normalized spacial score (nSPS) is 10.7. The number of carbonyl (C=O) groups excluding carboxylic acids is 1. The first-order valence-corrected chi connectivity index (χ1v) is 9.49. The van der Waals surface area contributed by atoms with Crippen molar-refractivity contribution in [3.05, 3.63) is 88.9 Å². The third-order valence-electron chi connectivity index (χ3n) is 3.72. The SMILES string of the molecule is Cc1ccccc1NC(=O)NN=Cc1ccccc1Sc1ccc(Cl)cc1. The fraction of sp³-hybridized carbons (Fsp3) is 0.0476. The van der Waals surface area contributed by atoms with Crippen molar-refractivity contribution >= 4 is 41.3 Å². The Bertz CT molecular complexity index is 958. The molecule has 0 spiro atoms. The first kappa shape index (κ1) is 19.0. The lowest BCUT2D eigenvalue weighted by Gasteiger charge is -2.07. The number of nitrogens with one attached hydrogen (secondary N) is 2. The minimum Gasteiger partial charge on any atom is -0.306 e. The minimum atomic E-state index is -0.386. The molecule has 0 aliphatic heterocycles. The number of urea groups is 1. The minimum absolute atomic E-state index is 0.386. The van der Waals surface area contributed by atoms with Gasteiger partial charge in [-0.15, -0.1) is 0 Å². The summed E-state index contributed by atoms with van der Waals surface area (Å²) in [5.41, 5.74) is 5.15. The number of para-hydroxylation sites is 1. The maximum absolute atomic E-state index is 12.0. The van der Waals surface area contributed by atoms with E-state index in [4.69, 9.17) is 11.6 Å². The average Bonchev–Trinajstić information content (AvgIpc) is 2.67. The molecule has 0 unspecified atom stereocenters. The predicted molar refractivity (Wildman–Crippen MR) is 113 cm³/mol. The Kier molecular flexibility index (Phi) is 6.52. The summed E-state index contributed by atoms with van der Waals surface area (Å²) < 4.78 is 0. The van der Waals surface area contributed by atoms with Gasteiger partial charge < -0.3 is 5.32 Å². The van der Waals surface area contributed by atoms with Crippen molar-refractivity contribution in [2.24, 2.45) is 5.10 Å². The summed E-state index contributed by atoms with van der Waals surface area (Å²) >= 11 is 7.54. The highest BCUT2D eigenvalue weighted by molar-refractivity contribution is 7.99. The molecule has 136 valence electrons. The fourth-order valence-electron chi connectivity index (χ4n) is 2.33. The van der Waals surface area contributed by atoms with Gasteiger partial charge in [0.25, 0.3) is 0 Å². The van der Waals surface area contributed by atoms with Crippen molar-refractivity contribution in [3.8, 4) is 0 Å². The third-order valence-corrected chi connectivity index (χ3v) is 5.07. The van der Waals surface area contributed by atoms with Gasteiger partial charge in [-0.2, -0.15) is 5.10 Å². The predicted octanol–water partition coefficient (Wildman–Crippen LogP) is 5.96. The van der Waals surface area contributed by atoms with Crippen LogP contribution in [0.1, 0.15) is 11.1 Å². The number of amides is 2. The zero-order valence-electron chi connectivity index (χ0n) is 14.6. The Balaban J connectivity index is 1.64. The van der Waals surface area contributed by atoms with Crippen LogP contribution in [-0.4, -0.2) is 12.2 Å². The molecule has 0 heterocycles. The second kappa shape index (κ2) is 9.26. The number of benzene rings is 3. The number of nitrogens with zero attached hydrogens (tertiary/aromatic N) is 1. The summed E-state index contributed by atoms with van der Waals surface area (Å²) in [6, 6.07) is 22.7. The topological polar surface area (TPSA) is 53.5 Å². The molecule has 0 aliphatic rings. The van der Waals surface area contributed by atoms with Gasteiger partial charge in [0, 0.05) is 26.1 Å². The molecule has 0 aliphatic carbocycles. The van der Waals surface area contributed by atoms with E-state index in [-0.39, 0.29) is 6.03 Å². The van der Waals surface area contributed by atoms with Crippen LogP contribution in [0.4, 0.5) is 10.5 Å². The van der Waals surface area contributed by atoms with Gasteiger partial charge in [0.1, 0.15) is 0 Å².